The molecule has 0 spiro atoms. The van der Waals surface area contributed by atoms with Crippen molar-refractivity contribution in [3.05, 3.63) is 12.2 Å². The lowest BCUT2D eigenvalue weighted by molar-refractivity contribution is -0.148. The average Bonchev–Trinajstić information content (AvgIpc) is 2.28. The molecule has 2 atom stereocenters. The van der Waals surface area contributed by atoms with Crippen LogP contribution in [0.3, 0.4) is 0 Å². The summed E-state index contributed by atoms with van der Waals surface area (Å²) in [5, 5.41) is 0. The maximum absolute atomic E-state index is 11.1. The van der Waals surface area contributed by atoms with Crippen LogP contribution in [0.25, 0.3) is 0 Å². The van der Waals surface area contributed by atoms with Crippen LogP contribution in [0.15, 0.2) is 12.2 Å². The highest BCUT2D eigenvalue weighted by atomic mass is 16.6. The Kier molecular flexibility index (Phi) is 5.69. The first-order valence-electron chi connectivity index (χ1n) is 5.74. The topological polar surface area (TPSA) is 61.8 Å². The van der Waals surface area contributed by atoms with E-state index < -0.39 is 0 Å². The number of carbonyl (C=O) groups excluding carboxylic acids is 2. The quantitative estimate of drug-likeness (QED) is 0.535. The summed E-state index contributed by atoms with van der Waals surface area (Å²) < 4.78 is 15.2. The van der Waals surface area contributed by atoms with E-state index in [0.29, 0.717) is 26.1 Å². The van der Waals surface area contributed by atoms with Crippen molar-refractivity contribution in [2.75, 3.05) is 13.2 Å². The van der Waals surface area contributed by atoms with Gasteiger partial charge in [-0.25, -0.2) is 0 Å². The van der Waals surface area contributed by atoms with Crippen LogP contribution in [0.5, 0.6) is 0 Å². The highest BCUT2D eigenvalue weighted by molar-refractivity contribution is 5.69. The summed E-state index contributed by atoms with van der Waals surface area (Å²) >= 11 is 0. The smallest absolute Gasteiger partial charge is 0.305 e. The van der Waals surface area contributed by atoms with Crippen molar-refractivity contribution in [1.82, 2.24) is 0 Å². The molecule has 1 unspecified atom stereocenters. The Morgan fingerprint density at radius 2 is 2.18 bits per heavy atom. The number of ether oxygens (including phenoxy) is 3. The third-order valence-corrected chi connectivity index (χ3v) is 2.27. The number of carbonyl (C=O) groups is 2. The van der Waals surface area contributed by atoms with Gasteiger partial charge in [0.25, 0.3) is 0 Å². The zero-order chi connectivity index (χ0) is 12.7. The number of esters is 2. The van der Waals surface area contributed by atoms with E-state index in [2.05, 4.69) is 0 Å². The summed E-state index contributed by atoms with van der Waals surface area (Å²) in [6.07, 6.45) is 4.11. The molecule has 5 nitrogen and oxygen atoms in total. The molecule has 0 amide bonds. The van der Waals surface area contributed by atoms with Gasteiger partial charge in [0.15, 0.2) is 0 Å². The molecular formula is C12H18O5. The van der Waals surface area contributed by atoms with Gasteiger partial charge in [0, 0.05) is 13.3 Å². The third-order valence-electron chi connectivity index (χ3n) is 2.27. The minimum Gasteiger partial charge on any atom is -0.466 e. The minimum absolute atomic E-state index is 0.105. The van der Waals surface area contributed by atoms with Gasteiger partial charge in [0.1, 0.15) is 6.10 Å². The van der Waals surface area contributed by atoms with E-state index in [0.717, 1.165) is 0 Å². The fourth-order valence-corrected chi connectivity index (χ4v) is 1.54. The number of hydrogen-bond acceptors (Lipinski definition) is 5. The van der Waals surface area contributed by atoms with Crippen LogP contribution < -0.4 is 0 Å². The predicted molar refractivity (Wildman–Crippen MR) is 60.3 cm³/mol. The Morgan fingerprint density at radius 1 is 1.41 bits per heavy atom. The van der Waals surface area contributed by atoms with E-state index in [4.69, 9.17) is 14.2 Å². The van der Waals surface area contributed by atoms with E-state index in [-0.39, 0.29) is 24.1 Å². The molecule has 1 aliphatic rings. The summed E-state index contributed by atoms with van der Waals surface area (Å²) in [5.41, 5.74) is 0. The zero-order valence-corrected chi connectivity index (χ0v) is 10.2. The number of rotatable bonds is 5. The molecule has 96 valence electrons. The molecule has 1 aliphatic heterocycles. The normalized spacial score (nSPS) is 23.2. The van der Waals surface area contributed by atoms with Crippen LogP contribution in [-0.4, -0.2) is 37.4 Å². The Bertz CT molecular complexity index is 297. The molecule has 0 fully saturated rings. The minimum atomic E-state index is -0.326. The van der Waals surface area contributed by atoms with E-state index in [1.807, 2.05) is 6.08 Å². The fraction of sp³-hybridized carbons (Fsp3) is 0.667. The van der Waals surface area contributed by atoms with Gasteiger partial charge in [-0.1, -0.05) is 6.08 Å². The summed E-state index contributed by atoms with van der Waals surface area (Å²) in [5.74, 6) is -0.542. The number of hydrogen-bond donors (Lipinski definition) is 0. The third kappa shape index (κ3) is 5.49. The molecule has 1 rings (SSSR count). The van der Waals surface area contributed by atoms with Crippen LogP contribution in [0.1, 0.15) is 26.7 Å². The Hall–Kier alpha value is -1.36. The standard InChI is InChI=1S/C12H18O5/c1-3-15-12(14)7-6-10-4-5-11(8-16-10)17-9(2)13/h4-5,10-11H,3,6-8H2,1-2H3/t10?,11-/m0/s1. The van der Waals surface area contributed by atoms with Crippen LogP contribution in [0, 0.1) is 0 Å². The summed E-state index contributed by atoms with van der Waals surface area (Å²) in [4.78, 5) is 21.8. The zero-order valence-electron chi connectivity index (χ0n) is 10.2. The van der Waals surface area contributed by atoms with E-state index in [1.165, 1.54) is 6.92 Å². The van der Waals surface area contributed by atoms with Gasteiger partial charge in [-0.05, 0) is 19.4 Å². The van der Waals surface area contributed by atoms with Crippen molar-refractivity contribution in [2.45, 2.75) is 38.9 Å². The van der Waals surface area contributed by atoms with E-state index in [1.54, 1.807) is 13.0 Å². The Morgan fingerprint density at radius 3 is 2.71 bits per heavy atom. The second-order valence-electron chi connectivity index (χ2n) is 3.75. The average molecular weight is 242 g/mol. The highest BCUT2D eigenvalue weighted by Gasteiger charge is 2.18. The molecule has 0 bridgehead atoms. The first-order chi connectivity index (χ1) is 8.11. The largest absolute Gasteiger partial charge is 0.466 e. The lowest BCUT2D eigenvalue weighted by Crippen LogP contribution is -2.28. The van der Waals surface area contributed by atoms with Gasteiger partial charge in [0.2, 0.25) is 0 Å². The van der Waals surface area contributed by atoms with Crippen LogP contribution in [-0.2, 0) is 23.8 Å². The van der Waals surface area contributed by atoms with Crippen LogP contribution in [0.4, 0.5) is 0 Å². The molecule has 0 N–H and O–H groups in total. The highest BCUT2D eigenvalue weighted by Crippen LogP contribution is 2.13. The first kappa shape index (κ1) is 13.7. The SMILES string of the molecule is CCOC(=O)CCC1C=C[C@H](OC(C)=O)CO1. The van der Waals surface area contributed by atoms with Crippen molar-refractivity contribution in [3.8, 4) is 0 Å². The van der Waals surface area contributed by atoms with Crippen molar-refractivity contribution in [2.24, 2.45) is 0 Å². The van der Waals surface area contributed by atoms with Crippen LogP contribution >= 0.6 is 0 Å². The molecular weight excluding hydrogens is 224 g/mol. The molecule has 1 heterocycles. The molecule has 0 radical (unpaired) electrons. The molecule has 0 saturated carbocycles. The summed E-state index contributed by atoms with van der Waals surface area (Å²) in [7, 11) is 0. The maximum atomic E-state index is 11.1. The molecule has 5 heteroatoms. The predicted octanol–water partition coefficient (Wildman–Crippen LogP) is 1.22. The monoisotopic (exact) mass is 242 g/mol. The lowest BCUT2D eigenvalue weighted by atomic mass is 10.1. The molecule has 0 aromatic carbocycles. The van der Waals surface area contributed by atoms with Gasteiger partial charge < -0.3 is 14.2 Å². The van der Waals surface area contributed by atoms with Gasteiger partial charge in [-0.15, -0.1) is 0 Å². The second-order valence-corrected chi connectivity index (χ2v) is 3.75. The molecule has 0 aromatic heterocycles. The second kappa shape index (κ2) is 7.06. The summed E-state index contributed by atoms with van der Waals surface area (Å²) in [6.45, 7) is 3.87. The molecule has 0 aromatic rings. The summed E-state index contributed by atoms with van der Waals surface area (Å²) in [6, 6.07) is 0. The molecule has 17 heavy (non-hydrogen) atoms. The Balaban J connectivity index is 2.25. The molecule has 0 aliphatic carbocycles. The molecule has 0 saturated heterocycles. The van der Waals surface area contributed by atoms with E-state index in [9.17, 15) is 9.59 Å². The van der Waals surface area contributed by atoms with Gasteiger partial charge in [-0.3, -0.25) is 9.59 Å². The van der Waals surface area contributed by atoms with Crippen molar-refractivity contribution >= 4 is 11.9 Å². The van der Waals surface area contributed by atoms with E-state index >= 15 is 0 Å². The fourth-order valence-electron chi connectivity index (χ4n) is 1.54. The van der Waals surface area contributed by atoms with Crippen molar-refractivity contribution in [1.29, 1.82) is 0 Å². The van der Waals surface area contributed by atoms with Gasteiger partial charge in [-0.2, -0.15) is 0 Å². The van der Waals surface area contributed by atoms with Crippen LogP contribution in [0.2, 0.25) is 0 Å². The Labute approximate surface area is 101 Å². The van der Waals surface area contributed by atoms with Crippen molar-refractivity contribution in [3.63, 3.8) is 0 Å². The van der Waals surface area contributed by atoms with Gasteiger partial charge >= 0.3 is 11.9 Å². The lowest BCUT2D eigenvalue weighted by Gasteiger charge is -2.23. The van der Waals surface area contributed by atoms with Gasteiger partial charge in [0.05, 0.1) is 19.3 Å². The first-order valence-corrected chi connectivity index (χ1v) is 5.74. The maximum Gasteiger partial charge on any atom is 0.305 e. The van der Waals surface area contributed by atoms with Crippen molar-refractivity contribution < 1.29 is 23.8 Å².